The number of esters is 1. The van der Waals surface area contributed by atoms with E-state index in [1.807, 2.05) is 0 Å². The Morgan fingerprint density at radius 3 is 2.37 bits per heavy atom. The molecule has 1 heterocycles. The van der Waals surface area contributed by atoms with Crippen LogP contribution in [0.4, 0.5) is 26.3 Å². The minimum atomic E-state index is -5.11. The number of carbonyl (C=O) groups excluding carboxylic acids is 1. The summed E-state index contributed by atoms with van der Waals surface area (Å²) in [5.74, 6) is -1.62. The average Bonchev–Trinajstić information content (AvgIpc) is 2.95. The van der Waals surface area contributed by atoms with Crippen LogP contribution in [0.15, 0.2) is 18.2 Å². The van der Waals surface area contributed by atoms with Crippen molar-refractivity contribution in [1.82, 2.24) is 9.78 Å². The molecule has 2 aromatic rings. The van der Waals surface area contributed by atoms with Crippen LogP contribution in [0.1, 0.15) is 36.3 Å². The van der Waals surface area contributed by atoms with E-state index in [-0.39, 0.29) is 40.7 Å². The number of alkyl halides is 6. The van der Waals surface area contributed by atoms with Crippen molar-refractivity contribution in [3.8, 4) is 17.0 Å². The molecule has 166 valence electrons. The fourth-order valence-corrected chi connectivity index (χ4v) is 2.98. The number of aryl methyl sites for hydroxylation is 2. The van der Waals surface area contributed by atoms with E-state index < -0.39 is 37.1 Å². The van der Waals surface area contributed by atoms with Gasteiger partial charge in [0.1, 0.15) is 10.8 Å². The molecule has 30 heavy (non-hydrogen) atoms. The summed E-state index contributed by atoms with van der Waals surface area (Å²) >= 11 is 6.21. The largest absolute Gasteiger partial charge is 0.573 e. The van der Waals surface area contributed by atoms with E-state index in [0.717, 1.165) is 12.1 Å². The van der Waals surface area contributed by atoms with Crippen molar-refractivity contribution in [2.45, 2.75) is 45.8 Å². The molecule has 0 atom stereocenters. The molecule has 0 aliphatic carbocycles. The Morgan fingerprint density at radius 1 is 1.17 bits per heavy atom. The molecule has 0 aliphatic heterocycles. The second-order valence-electron chi connectivity index (χ2n) is 6.04. The molecule has 12 heteroatoms. The number of benzene rings is 1. The van der Waals surface area contributed by atoms with Crippen LogP contribution in [0.3, 0.4) is 0 Å². The Morgan fingerprint density at radius 2 is 1.83 bits per heavy atom. The first-order valence-electron chi connectivity index (χ1n) is 8.75. The van der Waals surface area contributed by atoms with Gasteiger partial charge >= 0.3 is 18.5 Å². The predicted molar refractivity (Wildman–Crippen MR) is 95.4 cm³/mol. The summed E-state index contributed by atoms with van der Waals surface area (Å²) in [6, 6.07) is 3.25. The summed E-state index contributed by atoms with van der Waals surface area (Å²) in [7, 11) is 0. The Hall–Kier alpha value is -2.43. The van der Waals surface area contributed by atoms with Crippen molar-refractivity contribution < 1.29 is 40.6 Å². The van der Waals surface area contributed by atoms with Gasteiger partial charge in [-0.05, 0) is 38.0 Å². The monoisotopic (exact) mass is 458 g/mol. The number of carbonyl (C=O) groups is 1. The molecule has 5 nitrogen and oxygen atoms in total. The molecule has 0 radical (unpaired) electrons. The highest BCUT2D eigenvalue weighted by atomic mass is 35.5. The van der Waals surface area contributed by atoms with Crippen LogP contribution in [0.25, 0.3) is 11.3 Å². The van der Waals surface area contributed by atoms with Gasteiger partial charge in [-0.1, -0.05) is 17.7 Å². The van der Waals surface area contributed by atoms with Gasteiger partial charge in [-0.3, -0.25) is 4.68 Å². The van der Waals surface area contributed by atoms with Crippen LogP contribution in [0.5, 0.6) is 5.75 Å². The lowest BCUT2D eigenvalue weighted by atomic mass is 10.0. The van der Waals surface area contributed by atoms with Crippen LogP contribution in [-0.2, 0) is 17.7 Å². The number of aromatic nitrogens is 2. The van der Waals surface area contributed by atoms with Crippen molar-refractivity contribution >= 4 is 17.6 Å². The van der Waals surface area contributed by atoms with Crippen molar-refractivity contribution in [2.24, 2.45) is 0 Å². The van der Waals surface area contributed by atoms with E-state index in [4.69, 9.17) is 16.3 Å². The van der Waals surface area contributed by atoms with Gasteiger partial charge in [0, 0.05) is 18.5 Å². The maximum atomic E-state index is 12.9. The molecule has 2 rings (SSSR count). The molecule has 0 bridgehead atoms. The lowest BCUT2D eigenvalue weighted by Crippen LogP contribution is -2.18. The maximum Gasteiger partial charge on any atom is 0.573 e. The van der Waals surface area contributed by atoms with Gasteiger partial charge in [0.2, 0.25) is 0 Å². The smallest absolute Gasteiger partial charge is 0.461 e. The molecule has 0 saturated heterocycles. The van der Waals surface area contributed by atoms with Crippen LogP contribution in [0, 0.1) is 0 Å². The molecular formula is C18H17ClF6N2O3. The lowest BCUT2D eigenvalue weighted by molar-refractivity contribution is -0.274. The van der Waals surface area contributed by atoms with Crippen molar-refractivity contribution in [3.05, 3.63) is 34.5 Å². The Bertz CT molecular complexity index is 909. The molecule has 0 spiro atoms. The van der Waals surface area contributed by atoms with Gasteiger partial charge in [-0.25, -0.2) is 4.79 Å². The summed E-state index contributed by atoms with van der Waals surface area (Å²) in [5.41, 5.74) is -0.545. The van der Waals surface area contributed by atoms with E-state index >= 15 is 0 Å². The second-order valence-corrected chi connectivity index (χ2v) is 6.42. The number of nitrogens with zero attached hydrogens (tertiary/aromatic N) is 2. The van der Waals surface area contributed by atoms with E-state index in [9.17, 15) is 31.1 Å². The third-order valence-electron chi connectivity index (χ3n) is 3.89. The highest BCUT2D eigenvalue weighted by molar-refractivity contribution is 6.36. The van der Waals surface area contributed by atoms with E-state index in [2.05, 4.69) is 9.84 Å². The summed E-state index contributed by atoms with van der Waals surface area (Å²) in [6.45, 7) is 3.33. The first kappa shape index (κ1) is 23.8. The zero-order chi connectivity index (χ0) is 22.7. The summed E-state index contributed by atoms with van der Waals surface area (Å²) in [4.78, 5) is 12.0. The van der Waals surface area contributed by atoms with Gasteiger partial charge in [0.05, 0.1) is 12.3 Å². The third kappa shape index (κ3) is 6.04. The van der Waals surface area contributed by atoms with Crippen molar-refractivity contribution in [1.29, 1.82) is 0 Å². The van der Waals surface area contributed by atoms with Crippen LogP contribution in [0.2, 0.25) is 5.02 Å². The summed E-state index contributed by atoms with van der Waals surface area (Å²) < 4.78 is 86.2. The lowest BCUT2D eigenvalue weighted by Gasteiger charge is -2.16. The number of hydrogen-bond acceptors (Lipinski definition) is 4. The SMILES string of the molecule is CCOC(=O)c1nn(CC)c(-c2ccc(CCC(F)(F)F)cc2OC(F)(F)F)c1Cl. The highest BCUT2D eigenvalue weighted by Crippen LogP contribution is 2.40. The van der Waals surface area contributed by atoms with Crippen LogP contribution < -0.4 is 4.74 Å². The van der Waals surface area contributed by atoms with E-state index in [1.165, 1.54) is 10.7 Å². The van der Waals surface area contributed by atoms with Gasteiger partial charge in [0.25, 0.3) is 0 Å². The topological polar surface area (TPSA) is 53.3 Å². The van der Waals surface area contributed by atoms with E-state index in [1.54, 1.807) is 13.8 Å². The quantitative estimate of drug-likeness (QED) is 0.389. The molecule has 0 N–H and O–H groups in total. The molecule has 0 saturated carbocycles. The Labute approximate surface area is 172 Å². The van der Waals surface area contributed by atoms with Crippen molar-refractivity contribution in [2.75, 3.05) is 6.61 Å². The zero-order valence-corrected chi connectivity index (χ0v) is 16.6. The normalized spacial score (nSPS) is 12.2. The highest BCUT2D eigenvalue weighted by Gasteiger charge is 2.34. The predicted octanol–water partition coefficient (Wildman–Crippen LogP) is 5.79. The van der Waals surface area contributed by atoms with Crippen LogP contribution in [-0.4, -0.2) is 34.9 Å². The standard InChI is InChI=1S/C18H17ClF6N2O3/c1-3-27-15(13(19)14(26-27)16(28)29-4-2)11-6-5-10(7-8-17(20,21)22)9-12(11)30-18(23,24)25/h5-6,9H,3-4,7-8H2,1-2H3. The summed E-state index contributed by atoms with van der Waals surface area (Å²) in [6.07, 6.45) is -11.3. The van der Waals surface area contributed by atoms with Crippen LogP contribution >= 0.6 is 11.6 Å². The van der Waals surface area contributed by atoms with Gasteiger partial charge in [-0.15, -0.1) is 13.2 Å². The van der Waals surface area contributed by atoms with Gasteiger partial charge in [0.15, 0.2) is 5.69 Å². The maximum absolute atomic E-state index is 12.9. The first-order valence-corrected chi connectivity index (χ1v) is 9.13. The van der Waals surface area contributed by atoms with E-state index in [0.29, 0.717) is 0 Å². The first-order chi connectivity index (χ1) is 13.9. The molecule has 0 aliphatic rings. The third-order valence-corrected chi connectivity index (χ3v) is 4.24. The van der Waals surface area contributed by atoms with Crippen molar-refractivity contribution in [3.63, 3.8) is 0 Å². The fraction of sp³-hybridized carbons (Fsp3) is 0.444. The molecule has 0 amide bonds. The fourth-order valence-electron chi connectivity index (χ4n) is 2.67. The second kappa shape index (κ2) is 9.15. The Balaban J connectivity index is 2.58. The minimum Gasteiger partial charge on any atom is -0.461 e. The molecule has 1 aromatic heterocycles. The van der Waals surface area contributed by atoms with Gasteiger partial charge < -0.3 is 9.47 Å². The molecule has 1 aromatic carbocycles. The Kier molecular flexibility index (Phi) is 7.27. The number of hydrogen-bond donors (Lipinski definition) is 0. The number of rotatable bonds is 7. The molecule has 0 fully saturated rings. The average molecular weight is 459 g/mol. The molecule has 0 unspecified atom stereocenters. The number of halogens is 7. The minimum absolute atomic E-state index is 0.0142. The molecular weight excluding hydrogens is 442 g/mol. The van der Waals surface area contributed by atoms with Gasteiger partial charge in [-0.2, -0.15) is 18.3 Å². The number of ether oxygens (including phenoxy) is 2. The zero-order valence-electron chi connectivity index (χ0n) is 15.8. The summed E-state index contributed by atoms with van der Waals surface area (Å²) in [5, 5.41) is 3.72.